The number of amides is 1. The van der Waals surface area contributed by atoms with Crippen molar-refractivity contribution in [2.45, 2.75) is 17.3 Å². The van der Waals surface area contributed by atoms with Gasteiger partial charge >= 0.3 is 0 Å². The first-order valence-electron chi connectivity index (χ1n) is 8.38. The van der Waals surface area contributed by atoms with Crippen LogP contribution in [0.5, 0.6) is 0 Å². The van der Waals surface area contributed by atoms with Gasteiger partial charge in [-0.2, -0.15) is 0 Å². The molecule has 1 N–H and O–H groups in total. The highest BCUT2D eigenvalue weighted by atomic mass is 32.2. The van der Waals surface area contributed by atoms with Crippen molar-refractivity contribution in [1.29, 1.82) is 0 Å². The van der Waals surface area contributed by atoms with Crippen molar-refractivity contribution in [2.75, 3.05) is 24.3 Å². The van der Waals surface area contributed by atoms with E-state index in [2.05, 4.69) is 10.3 Å². The van der Waals surface area contributed by atoms with E-state index in [1.165, 1.54) is 11.8 Å². The van der Waals surface area contributed by atoms with Crippen molar-refractivity contribution in [2.24, 2.45) is 0 Å². The number of hydrogen-bond acceptors (Lipinski definition) is 4. The maximum atomic E-state index is 12.5. The normalized spacial score (nSPS) is 11.8. The minimum Gasteiger partial charge on any atom is -0.378 e. The number of imidazole rings is 1. The molecule has 3 rings (SSSR count). The van der Waals surface area contributed by atoms with Crippen LogP contribution in [-0.4, -0.2) is 34.8 Å². The number of hydrogen-bond donors (Lipinski definition) is 1. The Morgan fingerprint density at radius 2 is 1.81 bits per heavy atom. The molecule has 0 saturated carbocycles. The summed E-state index contributed by atoms with van der Waals surface area (Å²) in [4.78, 5) is 18.9. The molecule has 0 aliphatic carbocycles. The Hall–Kier alpha value is -2.73. The molecule has 0 aliphatic rings. The second-order valence-corrected chi connectivity index (χ2v) is 7.41. The van der Waals surface area contributed by atoms with Gasteiger partial charge in [0.2, 0.25) is 5.91 Å². The lowest BCUT2D eigenvalue weighted by Crippen LogP contribution is -2.22. The van der Waals surface area contributed by atoms with E-state index in [-0.39, 0.29) is 11.2 Å². The molecule has 1 unspecified atom stereocenters. The number of benzene rings is 2. The first-order valence-corrected chi connectivity index (χ1v) is 9.26. The first-order chi connectivity index (χ1) is 12.5. The molecule has 1 heterocycles. The van der Waals surface area contributed by atoms with Crippen LogP contribution in [0.1, 0.15) is 6.92 Å². The third kappa shape index (κ3) is 4.26. The third-order valence-electron chi connectivity index (χ3n) is 3.94. The minimum atomic E-state index is -0.270. The van der Waals surface area contributed by atoms with Crippen LogP contribution >= 0.6 is 11.8 Å². The number of carbonyl (C=O) groups excluding carboxylic acids is 1. The van der Waals surface area contributed by atoms with E-state index in [9.17, 15) is 4.79 Å². The van der Waals surface area contributed by atoms with Gasteiger partial charge in [0.25, 0.3) is 0 Å². The smallest absolute Gasteiger partial charge is 0.237 e. The van der Waals surface area contributed by atoms with E-state index in [1.54, 1.807) is 6.20 Å². The van der Waals surface area contributed by atoms with Gasteiger partial charge in [0.15, 0.2) is 5.16 Å². The van der Waals surface area contributed by atoms with Crippen LogP contribution in [0.4, 0.5) is 11.4 Å². The van der Waals surface area contributed by atoms with Gasteiger partial charge in [0.05, 0.1) is 5.25 Å². The standard InChI is InChI=1S/C20H22N4OS/c1-15(19(25)22-16-9-11-17(12-10-16)23(2)3)26-20-21-13-14-24(20)18-7-5-4-6-8-18/h4-15H,1-3H3,(H,22,25). The predicted molar refractivity (Wildman–Crippen MR) is 108 cm³/mol. The van der Waals surface area contributed by atoms with Gasteiger partial charge < -0.3 is 10.2 Å². The van der Waals surface area contributed by atoms with Gasteiger partial charge in [-0.15, -0.1) is 0 Å². The summed E-state index contributed by atoms with van der Waals surface area (Å²) in [5, 5.41) is 3.49. The number of anilines is 2. The zero-order chi connectivity index (χ0) is 18.5. The Morgan fingerprint density at radius 3 is 2.46 bits per heavy atom. The largest absolute Gasteiger partial charge is 0.378 e. The summed E-state index contributed by atoms with van der Waals surface area (Å²) >= 11 is 1.44. The molecule has 0 saturated heterocycles. The molecule has 5 nitrogen and oxygen atoms in total. The van der Waals surface area contributed by atoms with Crippen LogP contribution in [-0.2, 0) is 4.79 Å². The van der Waals surface area contributed by atoms with Crippen molar-refractivity contribution >= 4 is 29.0 Å². The molecule has 0 fully saturated rings. The summed E-state index contributed by atoms with van der Waals surface area (Å²) in [6.07, 6.45) is 3.65. The van der Waals surface area contributed by atoms with Gasteiger partial charge in [0.1, 0.15) is 0 Å². The number of carbonyl (C=O) groups is 1. The predicted octanol–water partition coefficient (Wildman–Crippen LogP) is 4.06. The Balaban J connectivity index is 1.66. The van der Waals surface area contributed by atoms with Crippen LogP contribution in [0.2, 0.25) is 0 Å². The molecule has 6 heteroatoms. The summed E-state index contributed by atoms with van der Waals surface area (Å²) < 4.78 is 1.99. The molecule has 2 aromatic carbocycles. The minimum absolute atomic E-state index is 0.0461. The molecular weight excluding hydrogens is 344 g/mol. The highest BCUT2D eigenvalue weighted by Crippen LogP contribution is 2.25. The number of rotatable bonds is 6. The molecule has 1 aromatic heterocycles. The molecular formula is C20H22N4OS. The lowest BCUT2D eigenvalue weighted by atomic mass is 10.2. The van der Waals surface area contributed by atoms with Crippen LogP contribution in [0.3, 0.4) is 0 Å². The third-order valence-corrected chi connectivity index (χ3v) is 5.02. The average molecular weight is 366 g/mol. The van der Waals surface area contributed by atoms with E-state index in [4.69, 9.17) is 0 Å². The first kappa shape index (κ1) is 18.1. The second kappa shape index (κ2) is 8.10. The molecule has 26 heavy (non-hydrogen) atoms. The van der Waals surface area contributed by atoms with Gasteiger partial charge in [0, 0.05) is 43.6 Å². The Bertz CT molecular complexity index is 859. The van der Waals surface area contributed by atoms with E-state index >= 15 is 0 Å². The lowest BCUT2D eigenvalue weighted by Gasteiger charge is -2.15. The monoisotopic (exact) mass is 366 g/mol. The quantitative estimate of drug-likeness (QED) is 0.669. The van der Waals surface area contributed by atoms with Crippen molar-refractivity contribution in [3.63, 3.8) is 0 Å². The highest BCUT2D eigenvalue weighted by Gasteiger charge is 2.18. The van der Waals surface area contributed by atoms with Gasteiger partial charge in [-0.3, -0.25) is 9.36 Å². The van der Waals surface area contributed by atoms with Crippen LogP contribution in [0.15, 0.2) is 72.1 Å². The summed E-state index contributed by atoms with van der Waals surface area (Å²) in [5.41, 5.74) is 2.91. The molecule has 0 bridgehead atoms. The second-order valence-electron chi connectivity index (χ2n) is 6.11. The molecule has 1 amide bonds. The van der Waals surface area contributed by atoms with Crippen LogP contribution in [0, 0.1) is 0 Å². The zero-order valence-corrected chi connectivity index (χ0v) is 15.9. The lowest BCUT2D eigenvalue weighted by molar-refractivity contribution is -0.115. The Kier molecular flexibility index (Phi) is 5.63. The van der Waals surface area contributed by atoms with Crippen molar-refractivity contribution in [1.82, 2.24) is 9.55 Å². The number of thioether (sulfide) groups is 1. The molecule has 3 aromatic rings. The maximum Gasteiger partial charge on any atom is 0.237 e. The summed E-state index contributed by atoms with van der Waals surface area (Å²) in [7, 11) is 3.97. The maximum absolute atomic E-state index is 12.5. The Labute approximate surface area is 158 Å². The topological polar surface area (TPSA) is 50.2 Å². The van der Waals surface area contributed by atoms with E-state index < -0.39 is 0 Å². The van der Waals surface area contributed by atoms with Crippen LogP contribution < -0.4 is 10.2 Å². The fourth-order valence-corrected chi connectivity index (χ4v) is 3.34. The number of aromatic nitrogens is 2. The van der Waals surface area contributed by atoms with Crippen molar-refractivity contribution in [3.8, 4) is 5.69 Å². The van der Waals surface area contributed by atoms with Crippen LogP contribution in [0.25, 0.3) is 5.69 Å². The highest BCUT2D eigenvalue weighted by molar-refractivity contribution is 8.00. The van der Waals surface area contributed by atoms with Gasteiger partial charge in [-0.1, -0.05) is 30.0 Å². The zero-order valence-electron chi connectivity index (χ0n) is 15.1. The average Bonchev–Trinajstić information content (AvgIpc) is 3.11. The fraction of sp³-hybridized carbons (Fsp3) is 0.200. The molecule has 0 aliphatic heterocycles. The number of nitrogens with zero attached hydrogens (tertiary/aromatic N) is 3. The summed E-state index contributed by atoms with van der Waals surface area (Å²) in [6.45, 7) is 1.89. The fourth-order valence-electron chi connectivity index (χ4n) is 2.46. The molecule has 0 radical (unpaired) electrons. The van der Waals surface area contributed by atoms with Crippen molar-refractivity contribution < 1.29 is 4.79 Å². The number of nitrogens with one attached hydrogen (secondary N) is 1. The van der Waals surface area contributed by atoms with E-state index in [0.717, 1.165) is 22.2 Å². The summed E-state index contributed by atoms with van der Waals surface area (Å²) in [6, 6.07) is 17.8. The summed E-state index contributed by atoms with van der Waals surface area (Å²) in [5.74, 6) is -0.0461. The number of para-hydroxylation sites is 1. The van der Waals surface area contributed by atoms with Gasteiger partial charge in [-0.25, -0.2) is 4.98 Å². The SMILES string of the molecule is CC(Sc1nccn1-c1ccccc1)C(=O)Nc1ccc(N(C)C)cc1. The van der Waals surface area contributed by atoms with Crippen molar-refractivity contribution in [3.05, 3.63) is 67.0 Å². The molecule has 134 valence electrons. The Morgan fingerprint density at radius 1 is 1.12 bits per heavy atom. The molecule has 0 spiro atoms. The molecule has 1 atom stereocenters. The van der Waals surface area contributed by atoms with Gasteiger partial charge in [-0.05, 0) is 43.3 Å². The van der Waals surface area contributed by atoms with E-state index in [1.807, 2.05) is 91.3 Å². The van der Waals surface area contributed by atoms with E-state index in [0.29, 0.717) is 0 Å².